The molecule has 0 radical (unpaired) electrons. The van der Waals surface area contributed by atoms with E-state index in [4.69, 9.17) is 9.84 Å². The Balaban J connectivity index is 1.45. The zero-order valence-corrected chi connectivity index (χ0v) is 21.0. The molecule has 0 saturated heterocycles. The molecule has 1 aliphatic carbocycles. The molecule has 1 aliphatic rings. The average Bonchev–Trinajstić information content (AvgIpc) is 3.12. The second kappa shape index (κ2) is 11.4. The molecule has 0 aromatic heterocycles. The molecule has 0 saturated carbocycles. The molecule has 188 valence electrons. The van der Waals surface area contributed by atoms with Crippen LogP contribution < -0.4 is 5.32 Å². The van der Waals surface area contributed by atoms with Crippen molar-refractivity contribution in [2.24, 2.45) is 11.3 Å². The third-order valence-electron chi connectivity index (χ3n) is 6.15. The fourth-order valence-corrected chi connectivity index (χ4v) is 4.63. The minimum Gasteiger partial charge on any atom is -0.480 e. The highest BCUT2D eigenvalue weighted by atomic mass is 16.5. The van der Waals surface area contributed by atoms with Gasteiger partial charge in [0.15, 0.2) is 0 Å². The number of hydrogen-bond acceptors (Lipinski definition) is 4. The molecule has 0 aliphatic heterocycles. The molecule has 3 rings (SSSR count). The normalized spacial score (nSPS) is 13.5. The van der Waals surface area contributed by atoms with Gasteiger partial charge in [-0.1, -0.05) is 76.2 Å². The van der Waals surface area contributed by atoms with Crippen LogP contribution in [0.3, 0.4) is 0 Å². The monoisotopic (exact) mass is 480 g/mol. The van der Waals surface area contributed by atoms with Gasteiger partial charge in [0.2, 0.25) is 5.91 Å². The van der Waals surface area contributed by atoms with Gasteiger partial charge in [-0.3, -0.25) is 9.59 Å². The lowest BCUT2D eigenvalue weighted by Gasteiger charge is -2.30. The first-order chi connectivity index (χ1) is 16.6. The summed E-state index contributed by atoms with van der Waals surface area (Å²) in [6.07, 6.45) is 0.655. The maximum Gasteiger partial charge on any atom is 0.407 e. The van der Waals surface area contributed by atoms with Gasteiger partial charge in [-0.05, 0) is 40.5 Å². The molecule has 7 heteroatoms. The Kier molecular flexibility index (Phi) is 8.54. The SMILES string of the molecule is CC(CCCNC(=O)OCC1c2ccccc2-c2ccccc21)C(=O)N(CC(=O)O)CC(C)(C)C. The zero-order chi connectivity index (χ0) is 25.6. The average molecular weight is 481 g/mol. The molecular formula is C28H36N2O5. The van der Waals surface area contributed by atoms with Gasteiger partial charge >= 0.3 is 12.1 Å². The summed E-state index contributed by atoms with van der Waals surface area (Å²) in [5.41, 5.74) is 4.49. The summed E-state index contributed by atoms with van der Waals surface area (Å²) in [4.78, 5) is 37.7. The lowest BCUT2D eigenvalue weighted by atomic mass is 9.94. The molecule has 1 atom stereocenters. The Hall–Kier alpha value is -3.35. The van der Waals surface area contributed by atoms with E-state index < -0.39 is 12.1 Å². The fourth-order valence-electron chi connectivity index (χ4n) is 4.63. The molecule has 0 heterocycles. The van der Waals surface area contributed by atoms with Crippen molar-refractivity contribution in [3.8, 4) is 11.1 Å². The van der Waals surface area contributed by atoms with Crippen molar-refractivity contribution in [1.82, 2.24) is 10.2 Å². The summed E-state index contributed by atoms with van der Waals surface area (Å²) in [5, 5.41) is 11.9. The van der Waals surface area contributed by atoms with Gasteiger partial charge in [0.1, 0.15) is 13.2 Å². The zero-order valence-electron chi connectivity index (χ0n) is 21.0. The van der Waals surface area contributed by atoms with E-state index in [1.165, 1.54) is 16.0 Å². The smallest absolute Gasteiger partial charge is 0.407 e. The van der Waals surface area contributed by atoms with Crippen LogP contribution in [0.1, 0.15) is 57.6 Å². The maximum absolute atomic E-state index is 12.8. The largest absolute Gasteiger partial charge is 0.480 e. The van der Waals surface area contributed by atoms with Crippen molar-refractivity contribution in [2.75, 3.05) is 26.2 Å². The first kappa shape index (κ1) is 26.3. The lowest BCUT2D eigenvalue weighted by molar-refractivity contribution is -0.147. The Morgan fingerprint density at radius 3 is 2.14 bits per heavy atom. The summed E-state index contributed by atoms with van der Waals surface area (Å²) >= 11 is 0. The van der Waals surface area contributed by atoms with Gasteiger partial charge in [-0.2, -0.15) is 0 Å². The van der Waals surface area contributed by atoms with Gasteiger partial charge in [0.05, 0.1) is 0 Å². The van der Waals surface area contributed by atoms with E-state index in [1.54, 1.807) is 6.92 Å². The van der Waals surface area contributed by atoms with Crippen LogP contribution in [0.15, 0.2) is 48.5 Å². The summed E-state index contributed by atoms with van der Waals surface area (Å²) in [6.45, 7) is 8.42. The predicted octanol–water partition coefficient (Wildman–Crippen LogP) is 4.90. The van der Waals surface area contributed by atoms with E-state index >= 15 is 0 Å². The molecule has 0 spiro atoms. The summed E-state index contributed by atoms with van der Waals surface area (Å²) < 4.78 is 5.54. The molecule has 2 amide bonds. The van der Waals surface area contributed by atoms with Crippen LogP contribution >= 0.6 is 0 Å². The summed E-state index contributed by atoms with van der Waals surface area (Å²) in [6, 6.07) is 16.4. The molecule has 0 bridgehead atoms. The van der Waals surface area contributed by atoms with Crippen LogP contribution in [0.5, 0.6) is 0 Å². The molecule has 7 nitrogen and oxygen atoms in total. The fraction of sp³-hybridized carbons (Fsp3) is 0.464. The Morgan fingerprint density at radius 2 is 1.60 bits per heavy atom. The van der Waals surface area contributed by atoms with Crippen LogP contribution in [0.2, 0.25) is 0 Å². The van der Waals surface area contributed by atoms with Gasteiger partial charge < -0.3 is 20.1 Å². The second-order valence-corrected chi connectivity index (χ2v) is 10.4. The van der Waals surface area contributed by atoms with E-state index in [2.05, 4.69) is 29.6 Å². The van der Waals surface area contributed by atoms with Crippen LogP contribution in [0.4, 0.5) is 4.79 Å². The number of alkyl carbamates (subject to hydrolysis) is 1. The van der Waals surface area contributed by atoms with Crippen LogP contribution in [-0.4, -0.2) is 54.2 Å². The van der Waals surface area contributed by atoms with E-state index in [0.717, 1.165) is 11.1 Å². The number of nitrogens with one attached hydrogen (secondary N) is 1. The molecule has 35 heavy (non-hydrogen) atoms. The Labute approximate surface area is 207 Å². The number of nitrogens with zero attached hydrogens (tertiary/aromatic N) is 1. The molecule has 2 aromatic carbocycles. The van der Waals surface area contributed by atoms with E-state index in [-0.39, 0.29) is 36.3 Å². The highest BCUT2D eigenvalue weighted by molar-refractivity contribution is 5.83. The summed E-state index contributed by atoms with van der Waals surface area (Å²) in [5.74, 6) is -1.52. The number of carboxylic acids is 1. The van der Waals surface area contributed by atoms with E-state index in [0.29, 0.717) is 25.9 Å². The molecule has 1 unspecified atom stereocenters. The number of carboxylic acid groups (broad SMARTS) is 1. The first-order valence-corrected chi connectivity index (χ1v) is 12.2. The minimum atomic E-state index is -1.02. The van der Waals surface area contributed by atoms with Crippen molar-refractivity contribution in [1.29, 1.82) is 0 Å². The topological polar surface area (TPSA) is 95.9 Å². The van der Waals surface area contributed by atoms with Crippen molar-refractivity contribution in [3.05, 3.63) is 59.7 Å². The highest BCUT2D eigenvalue weighted by Crippen LogP contribution is 2.44. The number of hydrogen-bond donors (Lipinski definition) is 2. The Morgan fingerprint density at radius 1 is 1.03 bits per heavy atom. The molecule has 2 N–H and O–H groups in total. The van der Waals surface area contributed by atoms with Crippen LogP contribution in [0, 0.1) is 11.3 Å². The standard InChI is InChI=1S/C28H36N2O5/c1-19(26(33)30(16-25(31)32)18-28(2,3)4)10-9-15-29-27(34)35-17-24-22-13-7-5-11-20(22)21-12-6-8-14-23(21)24/h5-8,11-14,19,24H,9-10,15-18H2,1-4H3,(H,29,34)(H,31,32). The minimum absolute atomic E-state index is 0.00817. The molecule has 0 fully saturated rings. The van der Waals surface area contributed by atoms with E-state index in [9.17, 15) is 14.4 Å². The van der Waals surface area contributed by atoms with Crippen molar-refractivity contribution in [3.63, 3.8) is 0 Å². The van der Waals surface area contributed by atoms with Crippen molar-refractivity contribution < 1.29 is 24.2 Å². The molecule has 2 aromatic rings. The number of fused-ring (bicyclic) bond motifs is 3. The second-order valence-electron chi connectivity index (χ2n) is 10.4. The lowest BCUT2D eigenvalue weighted by Crippen LogP contribution is -2.43. The van der Waals surface area contributed by atoms with Crippen LogP contribution in [0.25, 0.3) is 11.1 Å². The number of rotatable bonds is 10. The third-order valence-corrected chi connectivity index (χ3v) is 6.15. The van der Waals surface area contributed by atoms with Crippen molar-refractivity contribution in [2.45, 2.75) is 46.5 Å². The van der Waals surface area contributed by atoms with Gasteiger partial charge in [0, 0.05) is 24.9 Å². The first-order valence-electron chi connectivity index (χ1n) is 12.2. The van der Waals surface area contributed by atoms with Gasteiger partial charge in [-0.25, -0.2) is 4.79 Å². The van der Waals surface area contributed by atoms with E-state index in [1.807, 2.05) is 45.0 Å². The number of amides is 2. The maximum atomic E-state index is 12.8. The molecular weight excluding hydrogens is 444 g/mol. The van der Waals surface area contributed by atoms with Gasteiger partial charge in [0.25, 0.3) is 0 Å². The van der Waals surface area contributed by atoms with Crippen molar-refractivity contribution >= 4 is 18.0 Å². The third kappa shape index (κ3) is 7.07. The predicted molar refractivity (Wildman–Crippen MR) is 135 cm³/mol. The van der Waals surface area contributed by atoms with Gasteiger partial charge in [-0.15, -0.1) is 0 Å². The number of benzene rings is 2. The number of carbonyl (C=O) groups excluding carboxylic acids is 2. The quantitative estimate of drug-likeness (QED) is 0.472. The Bertz CT molecular complexity index is 1010. The number of aliphatic carboxylic acids is 1. The number of carbonyl (C=O) groups is 3. The summed E-state index contributed by atoms with van der Waals surface area (Å²) in [7, 11) is 0. The highest BCUT2D eigenvalue weighted by Gasteiger charge is 2.29. The number of ether oxygens (including phenoxy) is 1. The van der Waals surface area contributed by atoms with Crippen LogP contribution in [-0.2, 0) is 14.3 Å².